The third-order valence-corrected chi connectivity index (χ3v) is 3.96. The highest BCUT2D eigenvalue weighted by atomic mass is 32.2. The summed E-state index contributed by atoms with van der Waals surface area (Å²) in [6, 6.07) is 14.6. The molecule has 0 saturated heterocycles. The van der Waals surface area contributed by atoms with E-state index in [2.05, 4.69) is 48.8 Å². The summed E-state index contributed by atoms with van der Waals surface area (Å²) in [5.41, 5.74) is 3.62. The Bertz CT molecular complexity index is 569. The molecule has 0 atom stereocenters. The first-order chi connectivity index (χ1) is 9.80. The van der Waals surface area contributed by atoms with Gasteiger partial charge in [-0.15, -0.1) is 11.8 Å². The van der Waals surface area contributed by atoms with Crippen LogP contribution in [-0.4, -0.2) is 19.9 Å². The number of nitrogens with one attached hydrogen (secondary N) is 1. The lowest BCUT2D eigenvalue weighted by atomic mass is 10.0. The largest absolute Gasteiger partial charge is 0.497 e. The fraction of sp³-hybridized carbons (Fsp3) is 0.294. The molecular formula is C17H21NOS. The summed E-state index contributed by atoms with van der Waals surface area (Å²) < 4.78 is 5.33. The molecule has 0 spiro atoms. The van der Waals surface area contributed by atoms with Gasteiger partial charge < -0.3 is 10.1 Å². The number of methoxy groups -OCH3 is 1. The molecule has 0 aliphatic heterocycles. The Morgan fingerprint density at radius 1 is 1.15 bits per heavy atom. The van der Waals surface area contributed by atoms with Crippen molar-refractivity contribution in [1.29, 1.82) is 0 Å². The highest BCUT2D eigenvalue weighted by Gasteiger charge is 2.09. The second-order valence-electron chi connectivity index (χ2n) is 4.54. The van der Waals surface area contributed by atoms with Gasteiger partial charge in [-0.05, 0) is 36.4 Å². The van der Waals surface area contributed by atoms with E-state index < -0.39 is 0 Å². The highest BCUT2D eigenvalue weighted by Crippen LogP contribution is 2.36. The molecule has 0 aliphatic carbocycles. The van der Waals surface area contributed by atoms with E-state index >= 15 is 0 Å². The van der Waals surface area contributed by atoms with Crippen LogP contribution in [0, 0.1) is 0 Å². The van der Waals surface area contributed by atoms with E-state index in [4.69, 9.17) is 4.74 Å². The summed E-state index contributed by atoms with van der Waals surface area (Å²) in [5, 5.41) is 3.56. The number of hydrogen-bond acceptors (Lipinski definition) is 3. The molecular weight excluding hydrogens is 266 g/mol. The monoisotopic (exact) mass is 287 g/mol. The van der Waals surface area contributed by atoms with Crippen molar-refractivity contribution in [1.82, 2.24) is 0 Å². The van der Waals surface area contributed by atoms with Crippen LogP contribution < -0.4 is 10.1 Å². The van der Waals surface area contributed by atoms with Crippen LogP contribution in [0.1, 0.15) is 13.3 Å². The molecule has 0 aromatic heterocycles. The van der Waals surface area contributed by atoms with Gasteiger partial charge in [0.1, 0.15) is 5.75 Å². The SMILES string of the molecule is CCCNc1c(SC)cccc1-c1cccc(OC)c1. The Balaban J connectivity index is 2.48. The average Bonchev–Trinajstić information content (AvgIpc) is 2.52. The smallest absolute Gasteiger partial charge is 0.119 e. The topological polar surface area (TPSA) is 21.3 Å². The minimum Gasteiger partial charge on any atom is -0.497 e. The lowest BCUT2D eigenvalue weighted by Gasteiger charge is -2.16. The van der Waals surface area contributed by atoms with Gasteiger partial charge in [0.15, 0.2) is 0 Å². The average molecular weight is 287 g/mol. The summed E-state index contributed by atoms with van der Waals surface area (Å²) in [4.78, 5) is 1.28. The molecule has 0 heterocycles. The molecule has 2 aromatic rings. The molecule has 0 unspecified atom stereocenters. The summed E-state index contributed by atoms with van der Waals surface area (Å²) in [6.07, 6.45) is 3.22. The van der Waals surface area contributed by atoms with Crippen molar-refractivity contribution in [3.63, 3.8) is 0 Å². The molecule has 0 aliphatic rings. The van der Waals surface area contributed by atoms with E-state index in [1.165, 1.54) is 21.7 Å². The van der Waals surface area contributed by atoms with Gasteiger partial charge in [-0.1, -0.05) is 31.2 Å². The Labute approximate surface area is 125 Å². The van der Waals surface area contributed by atoms with Crippen LogP contribution in [-0.2, 0) is 0 Å². The minimum atomic E-state index is 0.887. The normalized spacial score (nSPS) is 10.3. The van der Waals surface area contributed by atoms with E-state index in [0.717, 1.165) is 18.7 Å². The molecule has 20 heavy (non-hydrogen) atoms. The van der Waals surface area contributed by atoms with Crippen molar-refractivity contribution in [3.05, 3.63) is 42.5 Å². The van der Waals surface area contributed by atoms with Crippen LogP contribution in [0.5, 0.6) is 5.75 Å². The zero-order chi connectivity index (χ0) is 14.4. The molecule has 0 amide bonds. The number of ether oxygens (including phenoxy) is 1. The van der Waals surface area contributed by atoms with E-state index in [1.807, 2.05) is 12.1 Å². The van der Waals surface area contributed by atoms with Crippen LogP contribution in [0.2, 0.25) is 0 Å². The first kappa shape index (κ1) is 14.8. The zero-order valence-electron chi connectivity index (χ0n) is 12.3. The molecule has 0 bridgehead atoms. The standard InChI is InChI=1S/C17H21NOS/c1-4-11-18-17-15(9-6-10-16(17)20-3)13-7-5-8-14(12-13)19-2/h5-10,12,18H,4,11H2,1-3H3. The summed E-state index contributed by atoms with van der Waals surface area (Å²) in [5.74, 6) is 0.887. The number of anilines is 1. The predicted octanol–water partition coefficient (Wildman–Crippen LogP) is 4.91. The Morgan fingerprint density at radius 2 is 1.95 bits per heavy atom. The van der Waals surface area contributed by atoms with Gasteiger partial charge in [-0.3, -0.25) is 0 Å². The summed E-state index contributed by atoms with van der Waals surface area (Å²) in [7, 11) is 1.70. The van der Waals surface area contributed by atoms with Crippen LogP contribution in [0.4, 0.5) is 5.69 Å². The van der Waals surface area contributed by atoms with Crippen LogP contribution in [0.15, 0.2) is 47.4 Å². The summed E-state index contributed by atoms with van der Waals surface area (Å²) >= 11 is 1.77. The molecule has 3 heteroatoms. The van der Waals surface area contributed by atoms with Crippen LogP contribution in [0.3, 0.4) is 0 Å². The molecule has 106 valence electrons. The second-order valence-corrected chi connectivity index (χ2v) is 5.39. The van der Waals surface area contributed by atoms with Gasteiger partial charge in [-0.25, -0.2) is 0 Å². The van der Waals surface area contributed by atoms with Gasteiger partial charge in [0.25, 0.3) is 0 Å². The van der Waals surface area contributed by atoms with Gasteiger partial charge in [0, 0.05) is 17.0 Å². The van der Waals surface area contributed by atoms with E-state index in [-0.39, 0.29) is 0 Å². The minimum absolute atomic E-state index is 0.887. The predicted molar refractivity (Wildman–Crippen MR) is 89.0 cm³/mol. The van der Waals surface area contributed by atoms with Crippen LogP contribution in [0.25, 0.3) is 11.1 Å². The fourth-order valence-electron chi connectivity index (χ4n) is 2.16. The van der Waals surface area contributed by atoms with Crippen molar-refractivity contribution >= 4 is 17.4 Å². The van der Waals surface area contributed by atoms with Crippen LogP contribution >= 0.6 is 11.8 Å². The van der Waals surface area contributed by atoms with Crippen molar-refractivity contribution in [2.45, 2.75) is 18.2 Å². The molecule has 2 aromatic carbocycles. The van der Waals surface area contributed by atoms with E-state index in [0.29, 0.717) is 0 Å². The third-order valence-electron chi connectivity index (χ3n) is 3.18. The van der Waals surface area contributed by atoms with Gasteiger partial charge in [0.2, 0.25) is 0 Å². The van der Waals surface area contributed by atoms with E-state index in [9.17, 15) is 0 Å². The number of benzene rings is 2. The van der Waals surface area contributed by atoms with Gasteiger partial charge >= 0.3 is 0 Å². The fourth-order valence-corrected chi connectivity index (χ4v) is 2.77. The van der Waals surface area contributed by atoms with Crippen molar-refractivity contribution in [2.24, 2.45) is 0 Å². The Kier molecular flexibility index (Phi) is 5.36. The van der Waals surface area contributed by atoms with Crippen molar-refractivity contribution < 1.29 is 4.74 Å². The first-order valence-electron chi connectivity index (χ1n) is 6.85. The number of hydrogen-bond donors (Lipinski definition) is 1. The lowest BCUT2D eigenvalue weighted by Crippen LogP contribution is -2.03. The molecule has 0 radical (unpaired) electrons. The maximum atomic E-state index is 5.33. The maximum absolute atomic E-state index is 5.33. The lowest BCUT2D eigenvalue weighted by molar-refractivity contribution is 0.415. The maximum Gasteiger partial charge on any atom is 0.119 e. The number of thioether (sulfide) groups is 1. The molecule has 2 rings (SSSR count). The first-order valence-corrected chi connectivity index (χ1v) is 8.08. The molecule has 2 nitrogen and oxygen atoms in total. The molecule has 0 saturated carbocycles. The van der Waals surface area contributed by atoms with Gasteiger partial charge in [0.05, 0.1) is 12.8 Å². The zero-order valence-corrected chi connectivity index (χ0v) is 13.1. The highest BCUT2D eigenvalue weighted by molar-refractivity contribution is 7.98. The molecule has 0 fully saturated rings. The third kappa shape index (κ3) is 3.28. The second kappa shape index (κ2) is 7.25. The van der Waals surface area contributed by atoms with Crippen molar-refractivity contribution in [2.75, 3.05) is 25.2 Å². The quantitative estimate of drug-likeness (QED) is 0.763. The molecule has 1 N–H and O–H groups in total. The van der Waals surface area contributed by atoms with E-state index in [1.54, 1.807) is 18.9 Å². The Hall–Kier alpha value is -1.61. The number of rotatable bonds is 6. The van der Waals surface area contributed by atoms with Gasteiger partial charge in [-0.2, -0.15) is 0 Å². The summed E-state index contributed by atoms with van der Waals surface area (Å²) in [6.45, 7) is 3.16. The van der Waals surface area contributed by atoms with Crippen molar-refractivity contribution in [3.8, 4) is 16.9 Å². The number of para-hydroxylation sites is 1. The Morgan fingerprint density at radius 3 is 2.65 bits per heavy atom.